The van der Waals surface area contributed by atoms with Gasteiger partial charge in [-0.15, -0.1) is 0 Å². The highest BCUT2D eigenvalue weighted by atomic mass is 79.9. The van der Waals surface area contributed by atoms with E-state index in [1.54, 1.807) is 0 Å². The Balaban J connectivity index is 2.07. The van der Waals surface area contributed by atoms with Crippen molar-refractivity contribution < 1.29 is 4.42 Å². The van der Waals surface area contributed by atoms with Gasteiger partial charge in [-0.1, -0.05) is 51.8 Å². The van der Waals surface area contributed by atoms with Crippen LogP contribution in [0.5, 0.6) is 0 Å². The lowest BCUT2D eigenvalue weighted by Gasteiger charge is -2.13. The highest BCUT2D eigenvalue weighted by molar-refractivity contribution is 9.10. The van der Waals surface area contributed by atoms with Gasteiger partial charge in [-0.2, -0.15) is 0 Å². The van der Waals surface area contributed by atoms with Gasteiger partial charge in [0, 0.05) is 9.86 Å². The maximum absolute atomic E-state index is 6.16. The number of hydrogen-bond acceptors (Lipinski definition) is 2. The van der Waals surface area contributed by atoms with Gasteiger partial charge in [-0.25, -0.2) is 0 Å². The van der Waals surface area contributed by atoms with Crippen molar-refractivity contribution in [2.75, 3.05) is 7.05 Å². The molecule has 1 atom stereocenters. The standard InChI is InChI=1S/C16H13BrClNO/c1-19-15(10-5-7-12(17)8-6-10)14-9-11-3-2-4-13(18)16(11)20-14/h2-9,15,19H,1H3. The highest BCUT2D eigenvalue weighted by Crippen LogP contribution is 2.32. The van der Waals surface area contributed by atoms with Gasteiger partial charge in [0.05, 0.1) is 11.1 Å². The predicted molar refractivity (Wildman–Crippen MR) is 86.3 cm³/mol. The van der Waals surface area contributed by atoms with Crippen molar-refractivity contribution in [3.63, 3.8) is 0 Å². The average Bonchev–Trinajstić information content (AvgIpc) is 2.87. The molecule has 1 aromatic heterocycles. The first-order valence-corrected chi connectivity index (χ1v) is 7.47. The zero-order chi connectivity index (χ0) is 14.1. The molecule has 1 N–H and O–H groups in total. The summed E-state index contributed by atoms with van der Waals surface area (Å²) in [6.07, 6.45) is 0. The number of fused-ring (bicyclic) bond motifs is 1. The van der Waals surface area contributed by atoms with Crippen molar-refractivity contribution in [1.82, 2.24) is 5.32 Å². The van der Waals surface area contributed by atoms with Gasteiger partial charge < -0.3 is 9.73 Å². The molecule has 3 rings (SSSR count). The monoisotopic (exact) mass is 349 g/mol. The van der Waals surface area contributed by atoms with Crippen molar-refractivity contribution >= 4 is 38.5 Å². The molecule has 0 aliphatic carbocycles. The fourth-order valence-electron chi connectivity index (χ4n) is 2.32. The molecule has 4 heteroatoms. The Morgan fingerprint density at radius 3 is 2.55 bits per heavy atom. The summed E-state index contributed by atoms with van der Waals surface area (Å²) >= 11 is 9.61. The summed E-state index contributed by atoms with van der Waals surface area (Å²) in [7, 11) is 1.92. The molecule has 0 bridgehead atoms. The van der Waals surface area contributed by atoms with Gasteiger partial charge in [-0.3, -0.25) is 0 Å². The second kappa shape index (κ2) is 5.60. The van der Waals surface area contributed by atoms with Gasteiger partial charge >= 0.3 is 0 Å². The molecule has 0 aliphatic heterocycles. The van der Waals surface area contributed by atoms with Gasteiger partial charge in [-0.05, 0) is 36.9 Å². The second-order valence-corrected chi connectivity index (χ2v) is 5.90. The van der Waals surface area contributed by atoms with Crippen molar-refractivity contribution in [2.45, 2.75) is 6.04 Å². The van der Waals surface area contributed by atoms with Crippen molar-refractivity contribution in [3.8, 4) is 0 Å². The minimum absolute atomic E-state index is 0.00608. The van der Waals surface area contributed by atoms with Gasteiger partial charge in [0.15, 0.2) is 5.58 Å². The second-order valence-electron chi connectivity index (χ2n) is 4.58. The first-order valence-electron chi connectivity index (χ1n) is 6.29. The average molecular weight is 351 g/mol. The Hall–Kier alpha value is -1.29. The summed E-state index contributed by atoms with van der Waals surface area (Å²) in [5.74, 6) is 0.859. The molecular formula is C16H13BrClNO. The molecule has 102 valence electrons. The lowest BCUT2D eigenvalue weighted by atomic mass is 10.0. The summed E-state index contributed by atoms with van der Waals surface area (Å²) in [6, 6.07) is 16.0. The number of para-hydroxylation sites is 1. The third-order valence-electron chi connectivity index (χ3n) is 3.29. The van der Waals surface area contributed by atoms with E-state index in [1.807, 2.05) is 43.4 Å². The first-order chi connectivity index (χ1) is 9.69. The molecule has 1 heterocycles. The third-order valence-corrected chi connectivity index (χ3v) is 4.12. The number of nitrogens with one attached hydrogen (secondary N) is 1. The molecular weight excluding hydrogens is 338 g/mol. The maximum Gasteiger partial charge on any atom is 0.152 e. The van der Waals surface area contributed by atoms with Crippen LogP contribution in [0.3, 0.4) is 0 Å². The van der Waals surface area contributed by atoms with E-state index in [2.05, 4.69) is 33.4 Å². The van der Waals surface area contributed by atoms with E-state index < -0.39 is 0 Å². The van der Waals surface area contributed by atoms with Gasteiger partial charge in [0.1, 0.15) is 5.76 Å². The Kier molecular flexibility index (Phi) is 3.83. The van der Waals surface area contributed by atoms with Gasteiger partial charge in [0.25, 0.3) is 0 Å². The summed E-state index contributed by atoms with van der Waals surface area (Å²) in [5, 5.41) is 4.94. The smallest absolute Gasteiger partial charge is 0.152 e. The molecule has 20 heavy (non-hydrogen) atoms. The molecule has 0 radical (unpaired) electrons. The SMILES string of the molecule is CNC(c1ccc(Br)cc1)c1cc2cccc(Cl)c2o1. The van der Waals surface area contributed by atoms with E-state index in [1.165, 1.54) is 0 Å². The van der Waals surface area contributed by atoms with Gasteiger partial charge in [0.2, 0.25) is 0 Å². The molecule has 0 aliphatic rings. The van der Waals surface area contributed by atoms with Crippen LogP contribution < -0.4 is 5.32 Å². The Morgan fingerprint density at radius 1 is 1.15 bits per heavy atom. The van der Waals surface area contributed by atoms with Crippen LogP contribution in [0.25, 0.3) is 11.0 Å². The van der Waals surface area contributed by atoms with Crippen LogP contribution >= 0.6 is 27.5 Å². The van der Waals surface area contributed by atoms with Crippen LogP contribution in [-0.4, -0.2) is 7.05 Å². The molecule has 0 saturated carbocycles. The fraction of sp³-hybridized carbons (Fsp3) is 0.125. The molecule has 1 unspecified atom stereocenters. The maximum atomic E-state index is 6.16. The first kappa shape index (κ1) is 13.7. The zero-order valence-electron chi connectivity index (χ0n) is 10.9. The van der Waals surface area contributed by atoms with E-state index in [0.29, 0.717) is 5.02 Å². The summed E-state index contributed by atoms with van der Waals surface area (Å²) in [4.78, 5) is 0. The minimum Gasteiger partial charge on any atom is -0.457 e. The number of rotatable bonds is 3. The molecule has 2 aromatic carbocycles. The van der Waals surface area contributed by atoms with Crippen molar-refractivity contribution in [1.29, 1.82) is 0 Å². The highest BCUT2D eigenvalue weighted by Gasteiger charge is 2.17. The third kappa shape index (κ3) is 2.49. The minimum atomic E-state index is 0.00608. The van der Waals surface area contributed by atoms with Crippen LogP contribution in [0.1, 0.15) is 17.4 Å². The normalized spacial score (nSPS) is 12.8. The van der Waals surface area contributed by atoms with E-state index in [4.69, 9.17) is 16.0 Å². The lowest BCUT2D eigenvalue weighted by molar-refractivity contribution is 0.491. The largest absolute Gasteiger partial charge is 0.457 e. The topological polar surface area (TPSA) is 25.2 Å². The van der Waals surface area contributed by atoms with Crippen LogP contribution in [0.15, 0.2) is 57.4 Å². The summed E-state index contributed by atoms with van der Waals surface area (Å²) in [6.45, 7) is 0. The van der Waals surface area contributed by atoms with E-state index in [9.17, 15) is 0 Å². The van der Waals surface area contributed by atoms with Crippen LogP contribution in [0, 0.1) is 0 Å². The Labute approximate surface area is 130 Å². The molecule has 3 aromatic rings. The quantitative estimate of drug-likeness (QED) is 0.706. The van der Waals surface area contributed by atoms with Crippen LogP contribution in [0.2, 0.25) is 5.02 Å². The van der Waals surface area contributed by atoms with Crippen molar-refractivity contribution in [3.05, 3.63) is 69.3 Å². The van der Waals surface area contributed by atoms with E-state index >= 15 is 0 Å². The summed E-state index contributed by atoms with van der Waals surface area (Å²) < 4.78 is 6.99. The molecule has 0 spiro atoms. The number of benzene rings is 2. The molecule has 0 saturated heterocycles. The van der Waals surface area contributed by atoms with E-state index in [-0.39, 0.29) is 6.04 Å². The molecule has 2 nitrogen and oxygen atoms in total. The molecule has 0 fully saturated rings. The number of hydrogen-bond donors (Lipinski definition) is 1. The number of halogens is 2. The Morgan fingerprint density at radius 2 is 1.90 bits per heavy atom. The van der Waals surface area contributed by atoms with Crippen LogP contribution in [-0.2, 0) is 0 Å². The van der Waals surface area contributed by atoms with Crippen LogP contribution in [0.4, 0.5) is 0 Å². The van der Waals surface area contributed by atoms with Crippen molar-refractivity contribution in [2.24, 2.45) is 0 Å². The fourth-order valence-corrected chi connectivity index (χ4v) is 2.80. The zero-order valence-corrected chi connectivity index (χ0v) is 13.2. The predicted octanol–water partition coefficient (Wildman–Crippen LogP) is 5.16. The number of furan rings is 1. The Bertz CT molecular complexity index is 736. The summed E-state index contributed by atoms with van der Waals surface area (Å²) in [5.41, 5.74) is 1.88. The van der Waals surface area contributed by atoms with E-state index in [0.717, 1.165) is 26.8 Å². The molecule has 0 amide bonds. The lowest BCUT2D eigenvalue weighted by Crippen LogP contribution is -2.16.